The van der Waals surface area contributed by atoms with E-state index in [0.29, 0.717) is 36.3 Å². The highest BCUT2D eigenvalue weighted by Crippen LogP contribution is 2.32. The van der Waals surface area contributed by atoms with Gasteiger partial charge in [-0.3, -0.25) is 19.2 Å². The van der Waals surface area contributed by atoms with Crippen molar-refractivity contribution in [3.63, 3.8) is 0 Å². The van der Waals surface area contributed by atoms with Crippen molar-refractivity contribution in [2.45, 2.75) is 45.3 Å². The van der Waals surface area contributed by atoms with Gasteiger partial charge in [0, 0.05) is 25.5 Å². The molecule has 0 saturated carbocycles. The number of rotatable bonds is 19. The maximum absolute atomic E-state index is 14.5. The van der Waals surface area contributed by atoms with Crippen LogP contribution in [0.4, 0.5) is 4.79 Å². The molecule has 1 fully saturated rings. The number of benzene rings is 3. The monoisotopic (exact) mass is 685 g/mol. The fourth-order valence-corrected chi connectivity index (χ4v) is 5.69. The van der Waals surface area contributed by atoms with Crippen molar-refractivity contribution in [1.29, 1.82) is 0 Å². The number of carbonyl (C=O) groups excluding carboxylic acids is 5. The number of esters is 1. The van der Waals surface area contributed by atoms with Crippen molar-refractivity contribution in [2.24, 2.45) is 5.92 Å². The number of aryl methyl sites for hydroxylation is 1. The second-order valence-electron chi connectivity index (χ2n) is 11.8. The van der Waals surface area contributed by atoms with Gasteiger partial charge in [-0.25, -0.2) is 9.69 Å². The van der Waals surface area contributed by atoms with E-state index in [2.05, 4.69) is 0 Å². The number of imide groups is 1. The summed E-state index contributed by atoms with van der Waals surface area (Å²) in [6, 6.07) is 24.1. The highest BCUT2D eigenvalue weighted by molar-refractivity contribution is 6.25. The molecule has 11 nitrogen and oxygen atoms in total. The van der Waals surface area contributed by atoms with Gasteiger partial charge in [0.1, 0.15) is 12.6 Å². The molecule has 0 radical (unpaired) electrons. The molecule has 0 aliphatic carbocycles. The molecule has 264 valence electrons. The van der Waals surface area contributed by atoms with Gasteiger partial charge in [0.15, 0.2) is 17.7 Å². The molecule has 3 aromatic carbocycles. The fourth-order valence-electron chi connectivity index (χ4n) is 5.69. The Morgan fingerprint density at radius 2 is 1.60 bits per heavy atom. The molecule has 0 bridgehead atoms. The molecule has 1 saturated heterocycles. The summed E-state index contributed by atoms with van der Waals surface area (Å²) in [4.78, 5) is 69.0. The summed E-state index contributed by atoms with van der Waals surface area (Å²) in [5.41, 5.74) is 2.76. The molecular weight excluding hydrogens is 642 g/mol. The molecule has 0 spiro atoms. The Balaban J connectivity index is 1.68. The third-order valence-corrected chi connectivity index (χ3v) is 8.07. The number of aliphatic hydroxyl groups excluding tert-OH is 1. The normalized spacial score (nSPS) is 15.7. The van der Waals surface area contributed by atoms with E-state index in [1.165, 1.54) is 0 Å². The van der Waals surface area contributed by atoms with Crippen molar-refractivity contribution in [3.05, 3.63) is 113 Å². The largest absolute Gasteiger partial charge is 0.453 e. The summed E-state index contributed by atoms with van der Waals surface area (Å²) in [7, 11) is 0. The van der Waals surface area contributed by atoms with Gasteiger partial charge in [-0.15, -0.1) is 0 Å². The number of cyclic esters (lactones) is 1. The number of amides is 2. The molecule has 11 heteroatoms. The van der Waals surface area contributed by atoms with Crippen LogP contribution in [0.1, 0.15) is 48.1 Å². The Labute approximate surface area is 291 Å². The van der Waals surface area contributed by atoms with Gasteiger partial charge in [0.05, 0.1) is 32.3 Å². The average molecular weight is 686 g/mol. The Kier molecular flexibility index (Phi) is 14.6. The number of hydrogen-bond acceptors (Lipinski definition) is 10. The summed E-state index contributed by atoms with van der Waals surface area (Å²) in [5.74, 6) is -4.02. The lowest BCUT2D eigenvalue weighted by Crippen LogP contribution is -2.47. The van der Waals surface area contributed by atoms with Gasteiger partial charge in [0.25, 0.3) is 0 Å². The zero-order chi connectivity index (χ0) is 35.9. The highest BCUT2D eigenvalue weighted by Gasteiger charge is 2.46. The Hall–Kier alpha value is -4.97. The van der Waals surface area contributed by atoms with Crippen molar-refractivity contribution < 1.29 is 48.0 Å². The second kappa shape index (κ2) is 19.3. The standard InChI is InChI=1S/C39H43NO10/c1-27-11-9-16-31(23-27)32(35(43)17-10-19-47-21-22-48-20-18-41)25-36(44)37(50-28(2)42)33(24-29-12-5-3-6-13-29)38(45)40-34(26-49-39(40)46)30-14-7-4-8-15-30/h3-9,11-16,23,25,33-34,37,41H,10,17-22,24,26H2,1-2H3/t33-,34+,37-/m0/s1. The fraction of sp³-hybridized carbons (Fsp3) is 0.359. The molecule has 1 aliphatic heterocycles. The predicted octanol–water partition coefficient (Wildman–Crippen LogP) is 4.83. The minimum absolute atomic E-state index is 0.0461. The lowest BCUT2D eigenvalue weighted by Gasteiger charge is -2.29. The lowest BCUT2D eigenvalue weighted by molar-refractivity contribution is -0.158. The quantitative estimate of drug-likeness (QED) is 0.106. The number of Topliss-reactive ketones (excluding diaryl/α,β-unsaturated/α-hetero) is 1. The van der Waals surface area contributed by atoms with E-state index in [9.17, 15) is 24.0 Å². The van der Waals surface area contributed by atoms with Gasteiger partial charge >= 0.3 is 12.1 Å². The van der Waals surface area contributed by atoms with E-state index in [-0.39, 0.29) is 50.6 Å². The van der Waals surface area contributed by atoms with Crippen LogP contribution in [-0.4, -0.2) is 85.3 Å². The summed E-state index contributed by atoms with van der Waals surface area (Å²) in [5, 5.41) is 8.81. The number of ketones is 2. The zero-order valence-corrected chi connectivity index (χ0v) is 28.3. The molecule has 3 aromatic rings. The van der Waals surface area contributed by atoms with Crippen LogP contribution in [0.5, 0.6) is 0 Å². The average Bonchev–Trinajstić information content (AvgIpc) is 3.51. The Morgan fingerprint density at radius 3 is 2.26 bits per heavy atom. The van der Waals surface area contributed by atoms with Crippen LogP contribution in [0.2, 0.25) is 0 Å². The molecule has 1 N–H and O–H groups in total. The molecule has 1 heterocycles. The second-order valence-corrected chi connectivity index (χ2v) is 11.8. The number of nitrogens with zero attached hydrogens (tertiary/aromatic N) is 1. The summed E-state index contributed by atoms with van der Waals surface area (Å²) in [6.07, 6.45) is -1.04. The molecular formula is C39H43NO10. The SMILES string of the molecule is CC(=O)O[C@H](C(=O)C=C(C(=O)CCCOCCOCCO)c1cccc(C)c1)[C@H](Cc1ccccc1)C(=O)N1C(=O)OC[C@@H]1c1ccccc1. The predicted molar refractivity (Wildman–Crippen MR) is 184 cm³/mol. The van der Waals surface area contributed by atoms with E-state index >= 15 is 0 Å². The van der Waals surface area contributed by atoms with Crippen molar-refractivity contribution in [3.8, 4) is 0 Å². The minimum Gasteiger partial charge on any atom is -0.453 e. The first-order valence-electron chi connectivity index (χ1n) is 16.6. The van der Waals surface area contributed by atoms with E-state index < -0.39 is 41.8 Å². The smallest absolute Gasteiger partial charge is 0.417 e. The van der Waals surface area contributed by atoms with Crippen molar-refractivity contribution in [1.82, 2.24) is 4.90 Å². The Morgan fingerprint density at radius 1 is 0.920 bits per heavy atom. The number of aliphatic hydroxyl groups is 1. The van der Waals surface area contributed by atoms with Gasteiger partial charge in [-0.05, 0) is 42.5 Å². The van der Waals surface area contributed by atoms with Crippen LogP contribution < -0.4 is 0 Å². The van der Waals surface area contributed by atoms with Gasteiger partial charge in [-0.2, -0.15) is 0 Å². The number of hydrogen-bond donors (Lipinski definition) is 1. The van der Waals surface area contributed by atoms with E-state index in [1.54, 1.807) is 72.8 Å². The first-order valence-corrected chi connectivity index (χ1v) is 16.6. The molecule has 3 atom stereocenters. The first-order chi connectivity index (χ1) is 24.2. The third kappa shape index (κ3) is 10.8. The van der Waals surface area contributed by atoms with Crippen LogP contribution in [0.15, 0.2) is 91.0 Å². The van der Waals surface area contributed by atoms with Crippen LogP contribution >= 0.6 is 0 Å². The van der Waals surface area contributed by atoms with E-state index in [4.69, 9.17) is 24.1 Å². The molecule has 0 aromatic heterocycles. The number of carbonyl (C=O) groups is 5. The topological polar surface area (TPSA) is 146 Å². The third-order valence-electron chi connectivity index (χ3n) is 8.07. The van der Waals surface area contributed by atoms with Crippen LogP contribution in [0.3, 0.4) is 0 Å². The van der Waals surface area contributed by atoms with Gasteiger partial charge in [0.2, 0.25) is 5.91 Å². The van der Waals surface area contributed by atoms with Crippen LogP contribution in [0, 0.1) is 12.8 Å². The molecule has 0 unspecified atom stereocenters. The number of ether oxygens (including phenoxy) is 4. The maximum Gasteiger partial charge on any atom is 0.417 e. The number of allylic oxidation sites excluding steroid dienone is 1. The lowest BCUT2D eigenvalue weighted by atomic mass is 9.87. The van der Waals surface area contributed by atoms with E-state index in [1.807, 2.05) is 19.1 Å². The van der Waals surface area contributed by atoms with Gasteiger partial charge in [-0.1, -0.05) is 90.5 Å². The molecule has 1 aliphatic rings. The molecule has 4 rings (SSSR count). The van der Waals surface area contributed by atoms with E-state index in [0.717, 1.165) is 23.5 Å². The van der Waals surface area contributed by atoms with Crippen molar-refractivity contribution >= 4 is 35.1 Å². The first kappa shape index (κ1) is 37.8. The minimum atomic E-state index is -1.67. The highest BCUT2D eigenvalue weighted by atomic mass is 16.6. The summed E-state index contributed by atoms with van der Waals surface area (Å²) >= 11 is 0. The van der Waals surface area contributed by atoms with Crippen LogP contribution in [0.25, 0.3) is 5.57 Å². The molecule has 50 heavy (non-hydrogen) atoms. The maximum atomic E-state index is 14.5. The van der Waals surface area contributed by atoms with Crippen molar-refractivity contribution in [2.75, 3.05) is 39.6 Å². The van der Waals surface area contributed by atoms with Gasteiger partial charge < -0.3 is 24.1 Å². The Bertz CT molecular complexity index is 1640. The molecule has 2 amide bonds. The summed E-state index contributed by atoms with van der Waals surface area (Å²) < 4.78 is 21.6. The van der Waals surface area contributed by atoms with Crippen LogP contribution in [-0.2, 0) is 44.5 Å². The summed E-state index contributed by atoms with van der Waals surface area (Å²) in [6.45, 7) is 3.90. The zero-order valence-electron chi connectivity index (χ0n) is 28.3.